The molecule has 10 heteroatoms. The summed E-state index contributed by atoms with van der Waals surface area (Å²) in [7, 11) is -3.86. The first kappa shape index (κ1) is 22.0. The van der Waals surface area contributed by atoms with Gasteiger partial charge in [0, 0.05) is 39.3 Å². The normalized spacial score (nSPS) is 22.6. The van der Waals surface area contributed by atoms with Crippen LogP contribution in [0.15, 0.2) is 29.2 Å². The maximum atomic E-state index is 12.7. The number of sulfonamides is 1. The van der Waals surface area contributed by atoms with E-state index >= 15 is 0 Å². The summed E-state index contributed by atoms with van der Waals surface area (Å²) in [6.07, 6.45) is -2.37. The number of likely N-dealkylation sites (tertiary alicyclic amines) is 1. The van der Waals surface area contributed by atoms with Gasteiger partial charge in [-0.05, 0) is 43.0 Å². The number of piperidine rings is 1. The van der Waals surface area contributed by atoms with Crippen molar-refractivity contribution in [3.8, 4) is 0 Å². The van der Waals surface area contributed by atoms with E-state index in [1.807, 2.05) is 9.80 Å². The van der Waals surface area contributed by atoms with Gasteiger partial charge in [-0.3, -0.25) is 9.69 Å². The Hall–Kier alpha value is -1.65. The van der Waals surface area contributed by atoms with Crippen molar-refractivity contribution < 1.29 is 26.4 Å². The van der Waals surface area contributed by atoms with E-state index in [-0.39, 0.29) is 30.4 Å². The van der Waals surface area contributed by atoms with Crippen LogP contribution in [0.5, 0.6) is 0 Å². The summed E-state index contributed by atoms with van der Waals surface area (Å²) in [4.78, 5) is 16.1. The van der Waals surface area contributed by atoms with Crippen molar-refractivity contribution in [3.63, 3.8) is 0 Å². The average molecular weight is 433 g/mol. The van der Waals surface area contributed by atoms with Crippen molar-refractivity contribution in [3.05, 3.63) is 29.8 Å². The number of hydrogen-bond acceptors (Lipinski definition) is 4. The SMILES string of the molecule is CC1CCCN(C(=O)CN2CCN(S(=O)(=O)c3ccc(C(F)(F)F)cc3)CC2)C1. The van der Waals surface area contributed by atoms with Crippen LogP contribution in [0.2, 0.25) is 0 Å². The number of carbonyl (C=O) groups excluding carboxylic acids is 1. The minimum atomic E-state index is -4.51. The van der Waals surface area contributed by atoms with Crippen LogP contribution in [0.25, 0.3) is 0 Å². The average Bonchev–Trinajstić information content (AvgIpc) is 2.68. The highest BCUT2D eigenvalue weighted by Gasteiger charge is 2.33. The van der Waals surface area contributed by atoms with Gasteiger partial charge in [-0.25, -0.2) is 8.42 Å². The molecule has 2 aliphatic heterocycles. The lowest BCUT2D eigenvalue weighted by molar-refractivity contribution is -0.137. The van der Waals surface area contributed by atoms with Crippen molar-refractivity contribution in [1.82, 2.24) is 14.1 Å². The lowest BCUT2D eigenvalue weighted by atomic mass is 10.0. The van der Waals surface area contributed by atoms with Crippen molar-refractivity contribution in [2.24, 2.45) is 5.92 Å². The van der Waals surface area contributed by atoms with Crippen LogP contribution in [0, 0.1) is 5.92 Å². The Bertz CT molecular complexity index is 819. The number of nitrogens with zero attached hydrogens (tertiary/aromatic N) is 3. The maximum Gasteiger partial charge on any atom is 0.416 e. The van der Waals surface area contributed by atoms with E-state index in [0.29, 0.717) is 19.0 Å². The van der Waals surface area contributed by atoms with Gasteiger partial charge in [0.2, 0.25) is 15.9 Å². The van der Waals surface area contributed by atoms with Gasteiger partial charge < -0.3 is 4.90 Å². The molecule has 2 fully saturated rings. The fraction of sp³-hybridized carbons (Fsp3) is 0.632. The second-order valence-electron chi connectivity index (χ2n) is 7.79. The van der Waals surface area contributed by atoms with Crippen molar-refractivity contribution >= 4 is 15.9 Å². The topological polar surface area (TPSA) is 60.9 Å². The molecule has 0 saturated carbocycles. The number of alkyl halides is 3. The molecule has 1 aromatic carbocycles. The Morgan fingerprint density at radius 3 is 2.24 bits per heavy atom. The number of halogens is 3. The molecule has 0 spiro atoms. The fourth-order valence-electron chi connectivity index (χ4n) is 3.80. The third-order valence-electron chi connectivity index (χ3n) is 5.52. The second kappa shape index (κ2) is 8.61. The molecule has 1 amide bonds. The molecule has 1 aromatic rings. The molecule has 0 radical (unpaired) electrons. The number of piperazine rings is 1. The molecule has 3 rings (SSSR count). The summed E-state index contributed by atoms with van der Waals surface area (Å²) >= 11 is 0. The maximum absolute atomic E-state index is 12.7. The monoisotopic (exact) mass is 433 g/mol. The Labute approximate surface area is 169 Å². The lowest BCUT2D eigenvalue weighted by Crippen LogP contribution is -2.52. The second-order valence-corrected chi connectivity index (χ2v) is 9.73. The summed E-state index contributed by atoms with van der Waals surface area (Å²) < 4.78 is 64.7. The quantitative estimate of drug-likeness (QED) is 0.731. The first-order valence-electron chi connectivity index (χ1n) is 9.75. The Morgan fingerprint density at radius 1 is 1.07 bits per heavy atom. The van der Waals surface area contributed by atoms with E-state index in [1.54, 1.807) is 0 Å². The minimum absolute atomic E-state index is 0.0654. The summed E-state index contributed by atoms with van der Waals surface area (Å²) in [5.74, 6) is 0.564. The third-order valence-corrected chi connectivity index (χ3v) is 7.43. The number of benzene rings is 1. The molecule has 0 aliphatic carbocycles. The summed E-state index contributed by atoms with van der Waals surface area (Å²) in [6.45, 7) is 5.15. The third kappa shape index (κ3) is 5.29. The smallest absolute Gasteiger partial charge is 0.341 e. The Kier molecular flexibility index (Phi) is 6.54. The van der Waals surface area contributed by atoms with Crippen LogP contribution in [-0.4, -0.2) is 74.2 Å². The van der Waals surface area contributed by atoms with Crippen LogP contribution in [-0.2, 0) is 21.0 Å². The van der Waals surface area contributed by atoms with Crippen LogP contribution >= 0.6 is 0 Å². The molecular weight excluding hydrogens is 407 g/mol. The van der Waals surface area contributed by atoms with Crippen molar-refractivity contribution in [2.75, 3.05) is 45.8 Å². The summed E-state index contributed by atoms with van der Waals surface area (Å²) in [6, 6.07) is 3.54. The molecule has 162 valence electrons. The zero-order valence-corrected chi connectivity index (χ0v) is 17.2. The van der Waals surface area contributed by atoms with E-state index in [2.05, 4.69) is 6.92 Å². The van der Waals surface area contributed by atoms with Gasteiger partial charge in [-0.1, -0.05) is 6.92 Å². The van der Waals surface area contributed by atoms with E-state index in [9.17, 15) is 26.4 Å². The van der Waals surface area contributed by atoms with Crippen LogP contribution in [0.3, 0.4) is 0 Å². The van der Waals surface area contributed by atoms with Gasteiger partial charge >= 0.3 is 6.18 Å². The Balaban J connectivity index is 1.56. The molecule has 2 aliphatic rings. The zero-order chi connectivity index (χ0) is 21.2. The van der Waals surface area contributed by atoms with Crippen LogP contribution < -0.4 is 0 Å². The molecule has 2 heterocycles. The molecule has 0 aromatic heterocycles. The highest BCUT2D eigenvalue weighted by atomic mass is 32.2. The number of rotatable bonds is 4. The van der Waals surface area contributed by atoms with Gasteiger partial charge in [0.05, 0.1) is 17.0 Å². The predicted molar refractivity (Wildman–Crippen MR) is 102 cm³/mol. The van der Waals surface area contributed by atoms with Crippen LogP contribution in [0.4, 0.5) is 13.2 Å². The minimum Gasteiger partial charge on any atom is -0.341 e. The predicted octanol–water partition coefficient (Wildman–Crippen LogP) is 2.27. The van der Waals surface area contributed by atoms with E-state index in [4.69, 9.17) is 0 Å². The standard InChI is InChI=1S/C19H26F3N3O3S/c1-15-3-2-8-24(13-15)18(26)14-23-9-11-25(12-10-23)29(27,28)17-6-4-16(5-7-17)19(20,21)22/h4-7,15H,2-3,8-14H2,1H3. The first-order valence-corrected chi connectivity index (χ1v) is 11.2. The van der Waals surface area contributed by atoms with Gasteiger partial charge in [0.1, 0.15) is 0 Å². The van der Waals surface area contributed by atoms with E-state index in [0.717, 1.165) is 50.2 Å². The molecule has 1 atom stereocenters. The highest BCUT2D eigenvalue weighted by Crippen LogP contribution is 2.30. The van der Waals surface area contributed by atoms with Gasteiger partial charge in [0.25, 0.3) is 0 Å². The van der Waals surface area contributed by atoms with Gasteiger partial charge in [0.15, 0.2) is 0 Å². The highest BCUT2D eigenvalue weighted by molar-refractivity contribution is 7.89. The molecule has 29 heavy (non-hydrogen) atoms. The molecule has 0 N–H and O–H groups in total. The molecule has 6 nitrogen and oxygen atoms in total. The van der Waals surface area contributed by atoms with Crippen LogP contribution in [0.1, 0.15) is 25.3 Å². The first-order chi connectivity index (χ1) is 13.6. The van der Waals surface area contributed by atoms with E-state index in [1.165, 1.54) is 4.31 Å². The summed E-state index contributed by atoms with van der Waals surface area (Å²) in [5.41, 5.74) is -0.883. The fourth-order valence-corrected chi connectivity index (χ4v) is 5.22. The largest absolute Gasteiger partial charge is 0.416 e. The number of amides is 1. The number of carbonyl (C=O) groups is 1. The van der Waals surface area contributed by atoms with Crippen molar-refractivity contribution in [1.29, 1.82) is 0 Å². The molecular formula is C19H26F3N3O3S. The van der Waals surface area contributed by atoms with Crippen molar-refractivity contribution in [2.45, 2.75) is 30.8 Å². The zero-order valence-electron chi connectivity index (χ0n) is 16.4. The molecule has 2 saturated heterocycles. The number of hydrogen-bond donors (Lipinski definition) is 0. The lowest BCUT2D eigenvalue weighted by Gasteiger charge is -2.36. The van der Waals surface area contributed by atoms with Gasteiger partial charge in [-0.15, -0.1) is 0 Å². The Morgan fingerprint density at radius 2 is 1.69 bits per heavy atom. The summed E-state index contributed by atoms with van der Waals surface area (Å²) in [5, 5.41) is 0. The molecule has 1 unspecified atom stereocenters. The molecule has 0 bridgehead atoms. The van der Waals surface area contributed by atoms with Gasteiger partial charge in [-0.2, -0.15) is 17.5 Å². The van der Waals surface area contributed by atoms with E-state index < -0.39 is 21.8 Å².